The van der Waals surface area contributed by atoms with Gasteiger partial charge in [0.15, 0.2) is 5.82 Å². The molecule has 43 heavy (non-hydrogen) atoms. The zero-order valence-electron chi connectivity index (χ0n) is 23.4. The van der Waals surface area contributed by atoms with Crippen LogP contribution in [0.3, 0.4) is 0 Å². The van der Waals surface area contributed by atoms with E-state index in [-0.39, 0.29) is 0 Å². The Morgan fingerprint density at radius 2 is 0.698 bits per heavy atom. The Bertz CT molecular complexity index is 1980. The minimum Gasteiger partial charge on any atom is -0.228 e. The van der Waals surface area contributed by atoms with Gasteiger partial charge in [-0.2, -0.15) is 0 Å². The van der Waals surface area contributed by atoms with Gasteiger partial charge in [0.1, 0.15) is 0 Å². The predicted octanol–water partition coefficient (Wildman–Crippen LogP) is 11.1. The van der Waals surface area contributed by atoms with Crippen LogP contribution in [-0.4, -0.2) is 9.97 Å². The van der Waals surface area contributed by atoms with Crippen molar-refractivity contribution >= 4 is 11.6 Å². The van der Waals surface area contributed by atoms with Gasteiger partial charge < -0.3 is 0 Å². The third-order valence-corrected chi connectivity index (χ3v) is 7.87. The third-order valence-electron chi connectivity index (χ3n) is 7.62. The van der Waals surface area contributed by atoms with E-state index in [9.17, 15) is 0 Å². The summed E-state index contributed by atoms with van der Waals surface area (Å²) in [5.74, 6) is 0.706. The summed E-state index contributed by atoms with van der Waals surface area (Å²) in [5.41, 5.74) is 11.8. The van der Waals surface area contributed by atoms with Crippen molar-refractivity contribution in [3.05, 3.63) is 169 Å². The van der Waals surface area contributed by atoms with E-state index in [1.165, 1.54) is 22.3 Å². The highest BCUT2D eigenvalue weighted by Gasteiger charge is 2.12. The number of nitrogens with zero attached hydrogens (tertiary/aromatic N) is 2. The summed E-state index contributed by atoms with van der Waals surface area (Å²) in [6.07, 6.45) is 0. The zero-order valence-corrected chi connectivity index (χ0v) is 24.1. The van der Waals surface area contributed by atoms with Crippen molar-refractivity contribution in [2.24, 2.45) is 0 Å². The maximum Gasteiger partial charge on any atom is 0.160 e. The van der Waals surface area contributed by atoms with Crippen molar-refractivity contribution in [1.82, 2.24) is 9.97 Å². The van der Waals surface area contributed by atoms with Crippen LogP contribution >= 0.6 is 11.6 Å². The van der Waals surface area contributed by atoms with Gasteiger partial charge in [0, 0.05) is 21.7 Å². The first-order chi connectivity index (χ1) is 21.2. The van der Waals surface area contributed by atoms with Gasteiger partial charge in [0.05, 0.1) is 11.4 Å². The number of hydrogen-bond donors (Lipinski definition) is 0. The number of hydrogen-bond acceptors (Lipinski definition) is 2. The van der Waals surface area contributed by atoms with Gasteiger partial charge in [-0.05, 0) is 51.6 Å². The monoisotopic (exact) mass is 570 g/mol. The predicted molar refractivity (Wildman–Crippen MR) is 180 cm³/mol. The lowest BCUT2D eigenvalue weighted by molar-refractivity contribution is 1.18. The Labute approximate surface area is 257 Å². The molecular formula is C40H27ClN2. The van der Waals surface area contributed by atoms with Crippen molar-refractivity contribution < 1.29 is 0 Å². The smallest absolute Gasteiger partial charge is 0.160 e. The molecule has 1 aromatic heterocycles. The molecular weight excluding hydrogens is 544 g/mol. The second-order valence-electron chi connectivity index (χ2n) is 10.4. The fraction of sp³-hybridized carbons (Fsp3) is 0. The van der Waals surface area contributed by atoms with Gasteiger partial charge in [-0.1, -0.05) is 157 Å². The molecule has 3 heteroatoms. The Balaban J connectivity index is 1.27. The van der Waals surface area contributed by atoms with Crippen LogP contribution in [0, 0.1) is 0 Å². The van der Waals surface area contributed by atoms with Crippen LogP contribution in [0.4, 0.5) is 0 Å². The molecule has 0 amide bonds. The lowest BCUT2D eigenvalue weighted by atomic mass is 9.94. The summed E-state index contributed by atoms with van der Waals surface area (Å²) >= 11 is 6.15. The Morgan fingerprint density at radius 1 is 0.326 bits per heavy atom. The summed E-state index contributed by atoms with van der Waals surface area (Å²) in [4.78, 5) is 10.0. The lowest BCUT2D eigenvalue weighted by Gasteiger charge is -2.12. The molecule has 0 N–H and O–H groups in total. The van der Waals surface area contributed by atoms with E-state index in [4.69, 9.17) is 21.6 Å². The minimum absolute atomic E-state index is 0.706. The molecule has 1 heterocycles. The van der Waals surface area contributed by atoms with Crippen molar-refractivity contribution in [1.29, 1.82) is 0 Å². The molecule has 7 aromatic rings. The van der Waals surface area contributed by atoms with Crippen LogP contribution in [0.5, 0.6) is 0 Å². The van der Waals surface area contributed by atoms with Gasteiger partial charge in [-0.15, -0.1) is 0 Å². The molecule has 2 nitrogen and oxygen atoms in total. The SMILES string of the molecule is Clc1ccc(-c2ccccc2-c2ccc(-c3cc(-c4ccc(-c5ccccc5)cc4)nc(-c4ccccc4)n3)cc2)cc1. The molecule has 0 aliphatic carbocycles. The average Bonchev–Trinajstić information content (AvgIpc) is 3.09. The summed E-state index contributed by atoms with van der Waals surface area (Å²) in [7, 11) is 0. The topological polar surface area (TPSA) is 25.8 Å². The first-order valence-corrected chi connectivity index (χ1v) is 14.7. The first-order valence-electron chi connectivity index (χ1n) is 14.3. The Morgan fingerprint density at radius 3 is 1.21 bits per heavy atom. The van der Waals surface area contributed by atoms with E-state index in [2.05, 4.69) is 127 Å². The molecule has 0 saturated heterocycles. The highest BCUT2D eigenvalue weighted by Crippen LogP contribution is 2.35. The number of halogens is 1. The molecule has 0 fully saturated rings. The van der Waals surface area contributed by atoms with E-state index in [0.29, 0.717) is 5.82 Å². The molecule has 0 bridgehead atoms. The van der Waals surface area contributed by atoms with E-state index >= 15 is 0 Å². The van der Waals surface area contributed by atoms with Gasteiger partial charge in [0.25, 0.3) is 0 Å². The maximum atomic E-state index is 6.15. The molecule has 0 spiro atoms. The highest BCUT2D eigenvalue weighted by molar-refractivity contribution is 6.30. The fourth-order valence-corrected chi connectivity index (χ4v) is 5.49. The van der Waals surface area contributed by atoms with E-state index in [0.717, 1.165) is 44.2 Å². The third kappa shape index (κ3) is 5.74. The summed E-state index contributed by atoms with van der Waals surface area (Å²) < 4.78 is 0. The van der Waals surface area contributed by atoms with Crippen LogP contribution in [0.2, 0.25) is 5.02 Å². The van der Waals surface area contributed by atoms with Crippen LogP contribution in [-0.2, 0) is 0 Å². The molecule has 0 aliphatic heterocycles. The zero-order chi connectivity index (χ0) is 29.0. The van der Waals surface area contributed by atoms with Gasteiger partial charge >= 0.3 is 0 Å². The second-order valence-corrected chi connectivity index (χ2v) is 10.8. The van der Waals surface area contributed by atoms with Gasteiger partial charge in [-0.25, -0.2) is 9.97 Å². The standard InChI is InChI=1S/C40H27ClN2/c41-35-25-23-31(24-26-35)37-14-8-7-13-36(37)30-17-21-33(22-18-30)39-27-38(42-40(43-39)34-11-5-2-6-12-34)32-19-15-29(16-20-32)28-9-3-1-4-10-28/h1-27H. The van der Waals surface area contributed by atoms with Crippen LogP contribution in [0.15, 0.2) is 164 Å². The number of benzene rings is 6. The van der Waals surface area contributed by atoms with Crippen LogP contribution < -0.4 is 0 Å². The molecule has 7 rings (SSSR count). The quantitative estimate of drug-likeness (QED) is 0.199. The van der Waals surface area contributed by atoms with Crippen molar-refractivity contribution in [2.75, 3.05) is 0 Å². The normalized spacial score (nSPS) is 10.9. The lowest BCUT2D eigenvalue weighted by Crippen LogP contribution is -1.96. The van der Waals surface area contributed by atoms with E-state index < -0.39 is 0 Å². The van der Waals surface area contributed by atoms with Crippen molar-refractivity contribution in [3.8, 4) is 67.3 Å². The van der Waals surface area contributed by atoms with E-state index in [1.54, 1.807) is 0 Å². The Kier molecular flexibility index (Phi) is 7.35. The fourth-order valence-electron chi connectivity index (χ4n) is 5.36. The largest absolute Gasteiger partial charge is 0.228 e. The van der Waals surface area contributed by atoms with Crippen LogP contribution in [0.1, 0.15) is 0 Å². The number of aromatic nitrogens is 2. The maximum absolute atomic E-state index is 6.15. The molecule has 204 valence electrons. The van der Waals surface area contributed by atoms with Gasteiger partial charge in [-0.3, -0.25) is 0 Å². The average molecular weight is 571 g/mol. The molecule has 6 aromatic carbocycles. The molecule has 0 aliphatic rings. The minimum atomic E-state index is 0.706. The van der Waals surface area contributed by atoms with Crippen molar-refractivity contribution in [3.63, 3.8) is 0 Å². The highest BCUT2D eigenvalue weighted by atomic mass is 35.5. The summed E-state index contributed by atoms with van der Waals surface area (Å²) in [6.45, 7) is 0. The summed E-state index contributed by atoms with van der Waals surface area (Å²) in [5, 5.41) is 0.733. The first kappa shape index (κ1) is 26.6. The van der Waals surface area contributed by atoms with Crippen LogP contribution in [0.25, 0.3) is 67.3 Å². The molecule has 0 unspecified atom stereocenters. The molecule has 0 saturated carbocycles. The number of rotatable bonds is 6. The second kappa shape index (κ2) is 11.9. The molecule has 0 atom stereocenters. The van der Waals surface area contributed by atoms with Gasteiger partial charge in [0.2, 0.25) is 0 Å². The Hall–Kier alpha value is -5.31. The van der Waals surface area contributed by atoms with Crippen molar-refractivity contribution in [2.45, 2.75) is 0 Å². The summed E-state index contributed by atoms with van der Waals surface area (Å²) in [6, 6.07) is 56.3. The molecule has 0 radical (unpaired) electrons. The van der Waals surface area contributed by atoms with E-state index in [1.807, 2.05) is 36.4 Å².